The molecule has 0 heterocycles. The van der Waals surface area contributed by atoms with Crippen LogP contribution in [0, 0.1) is 5.82 Å². The first-order chi connectivity index (χ1) is 11.6. The number of nitrogens with one attached hydrogen (secondary N) is 1. The van der Waals surface area contributed by atoms with Crippen molar-refractivity contribution < 1.29 is 19.0 Å². The third kappa shape index (κ3) is 4.04. The Morgan fingerprint density at radius 1 is 1.08 bits per heavy atom. The second-order valence-electron chi connectivity index (χ2n) is 6.02. The van der Waals surface area contributed by atoms with Crippen LogP contribution in [0.1, 0.15) is 42.5 Å². The fraction of sp³-hybridized carbons (Fsp3) is 0.316. The molecule has 1 aliphatic rings. The lowest BCUT2D eigenvalue weighted by atomic mass is 9.98. The standard InChI is InChI=1S/C19H20FNO3/c20-13-6-8-14(9-7-13)21-18-12-16(10-11-17(18)19(22)23)24-15-4-2-1-3-5-15/h6-12,15,21H,1-5H2,(H,22,23). The van der Waals surface area contributed by atoms with Crippen molar-refractivity contribution in [3.8, 4) is 5.75 Å². The largest absolute Gasteiger partial charge is 0.490 e. The summed E-state index contributed by atoms with van der Waals surface area (Å²) in [6.07, 6.45) is 5.82. The number of hydrogen-bond donors (Lipinski definition) is 2. The van der Waals surface area contributed by atoms with Gasteiger partial charge in [0.25, 0.3) is 0 Å². The molecule has 2 aromatic rings. The van der Waals surface area contributed by atoms with Crippen LogP contribution in [0.4, 0.5) is 15.8 Å². The van der Waals surface area contributed by atoms with E-state index in [1.807, 2.05) is 0 Å². The van der Waals surface area contributed by atoms with Crippen molar-refractivity contribution in [3.05, 3.63) is 53.8 Å². The first-order valence-electron chi connectivity index (χ1n) is 8.18. The highest BCUT2D eigenvalue weighted by molar-refractivity contribution is 5.95. The van der Waals surface area contributed by atoms with Crippen LogP contribution in [0.2, 0.25) is 0 Å². The molecule has 0 atom stereocenters. The van der Waals surface area contributed by atoms with Gasteiger partial charge in [0, 0.05) is 11.8 Å². The van der Waals surface area contributed by atoms with Gasteiger partial charge in [-0.15, -0.1) is 0 Å². The van der Waals surface area contributed by atoms with E-state index in [1.54, 1.807) is 24.3 Å². The monoisotopic (exact) mass is 329 g/mol. The number of ether oxygens (including phenoxy) is 1. The maximum absolute atomic E-state index is 13.0. The van der Waals surface area contributed by atoms with Gasteiger partial charge in [-0.05, 0) is 62.1 Å². The second kappa shape index (κ2) is 7.34. The summed E-state index contributed by atoms with van der Waals surface area (Å²) in [4.78, 5) is 11.4. The molecule has 0 aliphatic heterocycles. The average Bonchev–Trinajstić information content (AvgIpc) is 2.58. The maximum atomic E-state index is 13.0. The Hall–Kier alpha value is -2.56. The molecule has 0 aromatic heterocycles. The molecular weight excluding hydrogens is 309 g/mol. The minimum absolute atomic E-state index is 0.148. The van der Waals surface area contributed by atoms with E-state index >= 15 is 0 Å². The molecule has 24 heavy (non-hydrogen) atoms. The topological polar surface area (TPSA) is 58.6 Å². The van der Waals surface area contributed by atoms with Gasteiger partial charge in [-0.25, -0.2) is 9.18 Å². The van der Waals surface area contributed by atoms with E-state index in [0.717, 1.165) is 12.8 Å². The first-order valence-corrected chi connectivity index (χ1v) is 8.18. The summed E-state index contributed by atoms with van der Waals surface area (Å²) in [6.45, 7) is 0. The lowest BCUT2D eigenvalue weighted by Crippen LogP contribution is -2.19. The quantitative estimate of drug-likeness (QED) is 0.812. The Morgan fingerprint density at radius 2 is 1.79 bits per heavy atom. The molecule has 5 heteroatoms. The number of halogens is 1. The molecule has 126 valence electrons. The molecule has 0 spiro atoms. The lowest BCUT2D eigenvalue weighted by molar-refractivity contribution is 0.0698. The number of aromatic carboxylic acids is 1. The summed E-state index contributed by atoms with van der Waals surface area (Å²) in [7, 11) is 0. The van der Waals surface area contributed by atoms with Gasteiger partial charge in [-0.3, -0.25) is 0 Å². The number of rotatable bonds is 5. The van der Waals surface area contributed by atoms with Crippen LogP contribution in [0.25, 0.3) is 0 Å². The van der Waals surface area contributed by atoms with Crippen LogP contribution in [0.3, 0.4) is 0 Å². The minimum Gasteiger partial charge on any atom is -0.490 e. The van der Waals surface area contributed by atoms with E-state index in [-0.39, 0.29) is 17.5 Å². The number of carbonyl (C=O) groups is 1. The van der Waals surface area contributed by atoms with Crippen molar-refractivity contribution in [2.45, 2.75) is 38.2 Å². The normalized spacial score (nSPS) is 15.0. The fourth-order valence-corrected chi connectivity index (χ4v) is 2.95. The number of anilines is 2. The summed E-state index contributed by atoms with van der Waals surface area (Å²) in [5, 5.41) is 12.4. The second-order valence-corrected chi connectivity index (χ2v) is 6.02. The van der Waals surface area contributed by atoms with Crippen LogP contribution < -0.4 is 10.1 Å². The van der Waals surface area contributed by atoms with Crippen LogP contribution in [0.5, 0.6) is 5.75 Å². The van der Waals surface area contributed by atoms with Gasteiger partial charge >= 0.3 is 5.97 Å². The van der Waals surface area contributed by atoms with E-state index in [9.17, 15) is 14.3 Å². The molecule has 0 unspecified atom stereocenters. The number of carboxylic acids is 1. The molecule has 0 radical (unpaired) electrons. The molecule has 3 rings (SSSR count). The highest BCUT2D eigenvalue weighted by Crippen LogP contribution is 2.29. The highest BCUT2D eigenvalue weighted by Gasteiger charge is 2.17. The molecule has 0 bridgehead atoms. The smallest absolute Gasteiger partial charge is 0.337 e. The Labute approximate surface area is 140 Å². The van der Waals surface area contributed by atoms with E-state index in [4.69, 9.17) is 4.74 Å². The average molecular weight is 329 g/mol. The zero-order valence-electron chi connectivity index (χ0n) is 13.3. The number of benzene rings is 2. The molecule has 2 aromatic carbocycles. The summed E-state index contributed by atoms with van der Waals surface area (Å²) in [6, 6.07) is 10.7. The third-order valence-electron chi connectivity index (χ3n) is 4.20. The van der Waals surface area contributed by atoms with E-state index < -0.39 is 5.97 Å². The summed E-state index contributed by atoms with van der Waals surface area (Å²) >= 11 is 0. The van der Waals surface area contributed by atoms with Crippen molar-refractivity contribution in [2.24, 2.45) is 0 Å². The molecule has 1 saturated carbocycles. The van der Waals surface area contributed by atoms with E-state index in [2.05, 4.69) is 5.32 Å². The molecule has 2 N–H and O–H groups in total. The van der Waals surface area contributed by atoms with Crippen LogP contribution in [-0.4, -0.2) is 17.2 Å². The Balaban J connectivity index is 1.82. The maximum Gasteiger partial charge on any atom is 0.337 e. The van der Waals surface area contributed by atoms with Crippen molar-refractivity contribution in [2.75, 3.05) is 5.32 Å². The SMILES string of the molecule is O=C(O)c1ccc(OC2CCCCC2)cc1Nc1ccc(F)cc1. The highest BCUT2D eigenvalue weighted by atomic mass is 19.1. The molecule has 0 amide bonds. The van der Waals surface area contributed by atoms with Gasteiger partial charge in [-0.1, -0.05) is 6.42 Å². The van der Waals surface area contributed by atoms with Crippen molar-refractivity contribution in [1.82, 2.24) is 0 Å². The van der Waals surface area contributed by atoms with Gasteiger partial charge in [-0.2, -0.15) is 0 Å². The predicted molar refractivity (Wildman–Crippen MR) is 90.6 cm³/mol. The summed E-state index contributed by atoms with van der Waals surface area (Å²) < 4.78 is 19.0. The Morgan fingerprint density at radius 3 is 2.46 bits per heavy atom. The fourth-order valence-electron chi connectivity index (χ4n) is 2.95. The molecule has 4 nitrogen and oxygen atoms in total. The summed E-state index contributed by atoms with van der Waals surface area (Å²) in [5.41, 5.74) is 1.20. The molecule has 0 saturated heterocycles. The van der Waals surface area contributed by atoms with Gasteiger partial charge in [0.15, 0.2) is 0 Å². The van der Waals surface area contributed by atoms with Crippen molar-refractivity contribution in [1.29, 1.82) is 0 Å². The van der Waals surface area contributed by atoms with Gasteiger partial charge in [0.2, 0.25) is 0 Å². The van der Waals surface area contributed by atoms with E-state index in [1.165, 1.54) is 37.5 Å². The zero-order valence-corrected chi connectivity index (χ0v) is 13.3. The number of hydrogen-bond acceptors (Lipinski definition) is 3. The lowest BCUT2D eigenvalue weighted by Gasteiger charge is -2.23. The van der Waals surface area contributed by atoms with Gasteiger partial charge in [0.05, 0.1) is 17.4 Å². The van der Waals surface area contributed by atoms with Gasteiger partial charge in [0.1, 0.15) is 11.6 Å². The Kier molecular flexibility index (Phi) is 4.99. The van der Waals surface area contributed by atoms with Crippen LogP contribution >= 0.6 is 0 Å². The Bertz CT molecular complexity index is 709. The van der Waals surface area contributed by atoms with Crippen LogP contribution in [-0.2, 0) is 0 Å². The zero-order chi connectivity index (χ0) is 16.9. The molecule has 1 fully saturated rings. The first kappa shape index (κ1) is 16.3. The van der Waals surface area contributed by atoms with Crippen LogP contribution in [0.15, 0.2) is 42.5 Å². The molecular formula is C19H20FNO3. The number of carboxylic acid groups (broad SMARTS) is 1. The minimum atomic E-state index is -1.02. The summed E-state index contributed by atoms with van der Waals surface area (Å²) in [5.74, 6) is -0.714. The van der Waals surface area contributed by atoms with E-state index in [0.29, 0.717) is 17.1 Å². The van der Waals surface area contributed by atoms with Crippen molar-refractivity contribution in [3.63, 3.8) is 0 Å². The van der Waals surface area contributed by atoms with Gasteiger partial charge < -0.3 is 15.2 Å². The predicted octanol–water partition coefficient (Wildman–Crippen LogP) is 4.98. The van der Waals surface area contributed by atoms with Crippen molar-refractivity contribution >= 4 is 17.3 Å². The molecule has 1 aliphatic carbocycles. The third-order valence-corrected chi connectivity index (χ3v) is 4.20.